The number of carbonyl (C=O) groups is 2. The van der Waals surface area contributed by atoms with Crippen LogP contribution < -0.4 is 10.1 Å². The Labute approximate surface area is 236 Å². The van der Waals surface area contributed by atoms with Gasteiger partial charge in [-0.1, -0.05) is 78.9 Å². The molecule has 2 N–H and O–H groups in total. The van der Waals surface area contributed by atoms with Crippen LogP contribution in [-0.2, 0) is 27.5 Å². The van der Waals surface area contributed by atoms with Gasteiger partial charge in [-0.15, -0.1) is 0 Å². The first kappa shape index (κ1) is 29.3. The lowest BCUT2D eigenvalue weighted by Crippen LogP contribution is -2.48. The fourth-order valence-electron chi connectivity index (χ4n) is 5.07. The number of hydrogen-bond acceptors (Lipinski definition) is 6. The van der Waals surface area contributed by atoms with Crippen molar-refractivity contribution in [3.05, 3.63) is 102 Å². The number of ether oxygens (including phenoxy) is 3. The van der Waals surface area contributed by atoms with Crippen molar-refractivity contribution in [1.82, 2.24) is 5.32 Å². The van der Waals surface area contributed by atoms with Crippen LogP contribution in [0, 0.1) is 0 Å². The van der Waals surface area contributed by atoms with E-state index in [1.165, 1.54) is 12.5 Å². The topological polar surface area (TPSA) is 94.1 Å². The van der Waals surface area contributed by atoms with Gasteiger partial charge in [0.2, 0.25) is 0 Å². The molecule has 3 aromatic rings. The third-order valence-corrected chi connectivity index (χ3v) is 7.26. The van der Waals surface area contributed by atoms with E-state index in [2.05, 4.69) is 29.6 Å². The molecule has 1 fully saturated rings. The summed E-state index contributed by atoms with van der Waals surface area (Å²) in [5.74, 6) is 1.13. The number of rotatable bonds is 13. The summed E-state index contributed by atoms with van der Waals surface area (Å²) in [4.78, 5) is 24.1. The van der Waals surface area contributed by atoms with Crippen LogP contribution in [0.2, 0.25) is 0 Å². The SMILES string of the molecule is CC(=O)CC(O)[C@H](COC1CCC(c2ccccc2OCc2ccccc2)CC1)NC(=O)OCc1ccccc1. The number of aliphatic hydroxyl groups is 1. The average molecular weight is 546 g/mol. The molecule has 1 unspecified atom stereocenters. The molecule has 0 heterocycles. The molecule has 1 aliphatic rings. The van der Waals surface area contributed by atoms with E-state index in [4.69, 9.17) is 14.2 Å². The van der Waals surface area contributed by atoms with Gasteiger partial charge in [-0.2, -0.15) is 0 Å². The molecule has 0 spiro atoms. The molecule has 0 saturated heterocycles. The zero-order valence-corrected chi connectivity index (χ0v) is 23.0. The lowest BCUT2D eigenvalue weighted by atomic mass is 9.82. The number of carbonyl (C=O) groups excluding carboxylic acids is 2. The van der Waals surface area contributed by atoms with E-state index in [-0.39, 0.29) is 31.5 Å². The van der Waals surface area contributed by atoms with E-state index in [0.29, 0.717) is 12.5 Å². The second-order valence-electron chi connectivity index (χ2n) is 10.4. The van der Waals surface area contributed by atoms with Crippen molar-refractivity contribution in [2.45, 2.75) is 76.4 Å². The van der Waals surface area contributed by atoms with E-state index >= 15 is 0 Å². The first-order valence-corrected chi connectivity index (χ1v) is 14.0. The van der Waals surface area contributed by atoms with Gasteiger partial charge >= 0.3 is 6.09 Å². The molecular formula is C33H39NO6. The molecule has 1 amide bonds. The van der Waals surface area contributed by atoms with Gasteiger partial charge in [0.05, 0.1) is 24.9 Å². The van der Waals surface area contributed by atoms with Crippen LogP contribution in [0.15, 0.2) is 84.9 Å². The summed E-state index contributed by atoms with van der Waals surface area (Å²) >= 11 is 0. The number of aliphatic hydroxyl groups excluding tert-OH is 1. The lowest BCUT2D eigenvalue weighted by molar-refractivity contribution is -0.119. The molecule has 212 valence electrons. The van der Waals surface area contributed by atoms with E-state index in [9.17, 15) is 14.7 Å². The minimum Gasteiger partial charge on any atom is -0.489 e. The van der Waals surface area contributed by atoms with Gasteiger partial charge in [0.15, 0.2) is 0 Å². The quantitative estimate of drug-likeness (QED) is 0.276. The second kappa shape index (κ2) is 15.2. The summed E-state index contributed by atoms with van der Waals surface area (Å²) in [5.41, 5.74) is 3.21. The first-order chi connectivity index (χ1) is 19.5. The summed E-state index contributed by atoms with van der Waals surface area (Å²) in [7, 11) is 0. The molecule has 0 aliphatic heterocycles. The van der Waals surface area contributed by atoms with Crippen LogP contribution >= 0.6 is 0 Å². The molecule has 0 radical (unpaired) electrons. The van der Waals surface area contributed by atoms with Gasteiger partial charge < -0.3 is 24.6 Å². The third-order valence-electron chi connectivity index (χ3n) is 7.26. The highest BCUT2D eigenvalue weighted by Gasteiger charge is 2.28. The van der Waals surface area contributed by atoms with Crippen molar-refractivity contribution in [2.24, 2.45) is 0 Å². The zero-order chi connectivity index (χ0) is 28.2. The maximum atomic E-state index is 12.4. The van der Waals surface area contributed by atoms with Crippen molar-refractivity contribution >= 4 is 11.9 Å². The maximum Gasteiger partial charge on any atom is 0.407 e. The molecule has 7 heteroatoms. The van der Waals surface area contributed by atoms with Crippen LogP contribution in [0.4, 0.5) is 4.79 Å². The summed E-state index contributed by atoms with van der Waals surface area (Å²) in [5, 5.41) is 13.3. The molecule has 4 rings (SSSR count). The van der Waals surface area contributed by atoms with Crippen molar-refractivity contribution in [3.8, 4) is 5.75 Å². The Morgan fingerprint density at radius 1 is 0.850 bits per heavy atom. The summed E-state index contributed by atoms with van der Waals surface area (Å²) in [6.07, 6.45) is 1.81. The summed E-state index contributed by atoms with van der Waals surface area (Å²) in [6.45, 7) is 2.16. The predicted octanol–water partition coefficient (Wildman–Crippen LogP) is 5.94. The number of ketones is 1. The molecule has 40 heavy (non-hydrogen) atoms. The Morgan fingerprint density at radius 3 is 2.10 bits per heavy atom. The highest BCUT2D eigenvalue weighted by atomic mass is 16.5. The van der Waals surface area contributed by atoms with E-state index in [0.717, 1.165) is 42.6 Å². The van der Waals surface area contributed by atoms with Crippen molar-refractivity contribution in [1.29, 1.82) is 0 Å². The first-order valence-electron chi connectivity index (χ1n) is 14.0. The highest BCUT2D eigenvalue weighted by molar-refractivity contribution is 5.76. The molecule has 0 aromatic heterocycles. The standard InChI is InChI=1S/C33H39NO6/c1-24(35)20-31(36)30(34-33(37)40-22-26-12-6-3-7-13-26)23-38-28-18-16-27(17-19-28)29-14-8-9-15-32(29)39-21-25-10-4-2-5-11-25/h2-15,27-28,30-31,36H,16-23H2,1H3,(H,34,37)/t27?,28?,30-,31?/m0/s1. The fourth-order valence-corrected chi connectivity index (χ4v) is 5.07. The molecule has 2 atom stereocenters. The zero-order valence-electron chi connectivity index (χ0n) is 23.0. The van der Waals surface area contributed by atoms with Gasteiger partial charge in [-0.3, -0.25) is 4.79 Å². The van der Waals surface area contributed by atoms with Crippen LogP contribution in [0.1, 0.15) is 61.6 Å². The monoisotopic (exact) mass is 545 g/mol. The smallest absolute Gasteiger partial charge is 0.407 e. The number of para-hydroxylation sites is 1. The van der Waals surface area contributed by atoms with Gasteiger partial charge in [-0.05, 0) is 61.3 Å². The largest absolute Gasteiger partial charge is 0.489 e. The molecule has 0 bridgehead atoms. The maximum absolute atomic E-state index is 12.4. The Bertz CT molecular complexity index is 1190. The minimum atomic E-state index is -1.06. The summed E-state index contributed by atoms with van der Waals surface area (Å²) < 4.78 is 17.7. The molecular weight excluding hydrogens is 506 g/mol. The van der Waals surface area contributed by atoms with Crippen molar-refractivity contribution in [2.75, 3.05) is 6.61 Å². The van der Waals surface area contributed by atoms with Gasteiger partial charge in [-0.25, -0.2) is 4.79 Å². The van der Waals surface area contributed by atoms with Gasteiger partial charge in [0.1, 0.15) is 24.7 Å². The Balaban J connectivity index is 1.27. The lowest BCUT2D eigenvalue weighted by Gasteiger charge is -2.31. The van der Waals surface area contributed by atoms with Crippen molar-refractivity contribution in [3.63, 3.8) is 0 Å². The average Bonchev–Trinajstić information content (AvgIpc) is 2.98. The minimum absolute atomic E-state index is 0.00261. The highest BCUT2D eigenvalue weighted by Crippen LogP contribution is 2.38. The number of alkyl carbamates (subject to hydrolysis) is 1. The number of Topliss-reactive ketones (excluding diaryl/α,β-unsaturated/α-hetero) is 1. The number of amides is 1. The normalized spacial score (nSPS) is 18.4. The molecule has 7 nitrogen and oxygen atoms in total. The molecule has 1 aliphatic carbocycles. The molecule has 1 saturated carbocycles. The van der Waals surface area contributed by atoms with E-state index in [1.807, 2.05) is 60.7 Å². The second-order valence-corrected chi connectivity index (χ2v) is 10.4. The van der Waals surface area contributed by atoms with Gasteiger partial charge in [0.25, 0.3) is 0 Å². The van der Waals surface area contributed by atoms with Gasteiger partial charge in [0, 0.05) is 6.42 Å². The third kappa shape index (κ3) is 9.21. The van der Waals surface area contributed by atoms with Crippen molar-refractivity contribution < 1.29 is 28.9 Å². The molecule has 3 aromatic carbocycles. The number of benzene rings is 3. The fraction of sp³-hybridized carbons (Fsp3) is 0.394. The van der Waals surface area contributed by atoms with Crippen LogP contribution in [-0.4, -0.2) is 41.8 Å². The van der Waals surface area contributed by atoms with Crippen LogP contribution in [0.25, 0.3) is 0 Å². The van der Waals surface area contributed by atoms with Crippen LogP contribution in [0.3, 0.4) is 0 Å². The van der Waals surface area contributed by atoms with E-state index < -0.39 is 18.2 Å². The number of hydrogen-bond donors (Lipinski definition) is 2. The number of nitrogens with one attached hydrogen (secondary N) is 1. The Morgan fingerprint density at radius 2 is 1.45 bits per heavy atom. The summed E-state index contributed by atoms with van der Waals surface area (Å²) in [6, 6.07) is 27.0. The Kier molecular flexibility index (Phi) is 11.1. The van der Waals surface area contributed by atoms with Crippen LogP contribution in [0.5, 0.6) is 5.75 Å². The predicted molar refractivity (Wildman–Crippen MR) is 153 cm³/mol. The van der Waals surface area contributed by atoms with E-state index in [1.54, 1.807) is 0 Å². The Hall–Kier alpha value is -3.68.